The fourth-order valence-corrected chi connectivity index (χ4v) is 9.20. The molecular weight excluding hydrogens is 566 g/mol. The number of carbonyl (C=O) groups is 2. The van der Waals surface area contributed by atoms with Crippen molar-refractivity contribution in [3.05, 3.63) is 0 Å². The standard InChI is InChI=1S/C16H29NO5.C11H23N.C10H21N/c1-15(2)10-12(18)11-16(3,4)17(15)8-9-22-14(20)7-6-13(19)21-5;1-9-7-10(2,3)12(6)11(4,5)8-9;1-8-6-9(2,3)11-10(4,5)7-8/h12,18H,6-11H2,1-5H3;9H,7-8H2,1-6H3;8,11H,6-7H2,1-5H3. The van der Waals surface area contributed by atoms with Crippen LogP contribution in [0.5, 0.6) is 0 Å². The van der Waals surface area contributed by atoms with E-state index >= 15 is 0 Å². The van der Waals surface area contributed by atoms with Gasteiger partial charge in [0.1, 0.15) is 6.61 Å². The van der Waals surface area contributed by atoms with E-state index in [1.807, 2.05) is 0 Å². The van der Waals surface area contributed by atoms with Gasteiger partial charge in [0.05, 0.1) is 26.1 Å². The minimum Gasteiger partial charge on any atom is -0.469 e. The van der Waals surface area contributed by atoms with Crippen LogP contribution in [0.15, 0.2) is 0 Å². The van der Waals surface area contributed by atoms with Gasteiger partial charge in [-0.25, -0.2) is 0 Å². The van der Waals surface area contributed by atoms with E-state index in [1.165, 1.54) is 32.8 Å². The fourth-order valence-electron chi connectivity index (χ4n) is 9.20. The molecule has 0 bridgehead atoms. The van der Waals surface area contributed by atoms with Crippen LogP contribution in [0.1, 0.15) is 148 Å². The number of esters is 2. The molecule has 0 amide bonds. The summed E-state index contributed by atoms with van der Waals surface area (Å²) in [5.41, 5.74) is 1.11. The minimum absolute atomic E-state index is 0.0399. The molecule has 45 heavy (non-hydrogen) atoms. The summed E-state index contributed by atoms with van der Waals surface area (Å²) in [5, 5.41) is 13.7. The van der Waals surface area contributed by atoms with E-state index in [9.17, 15) is 14.7 Å². The Balaban J connectivity index is 0.000000370. The molecule has 3 saturated heterocycles. The van der Waals surface area contributed by atoms with Crippen molar-refractivity contribution in [2.24, 2.45) is 11.8 Å². The lowest BCUT2D eigenvalue weighted by atomic mass is 9.75. The molecule has 0 saturated carbocycles. The highest BCUT2D eigenvalue weighted by Crippen LogP contribution is 2.40. The first-order valence-corrected chi connectivity index (χ1v) is 17.4. The van der Waals surface area contributed by atoms with Gasteiger partial charge in [0.15, 0.2) is 0 Å². The molecule has 8 nitrogen and oxygen atoms in total. The topological polar surface area (TPSA) is 91.3 Å². The maximum atomic E-state index is 11.6. The second kappa shape index (κ2) is 15.8. The number of likely N-dealkylation sites (tertiary alicyclic amines) is 2. The quantitative estimate of drug-likeness (QED) is 0.301. The number of rotatable bonds is 6. The largest absolute Gasteiger partial charge is 0.469 e. The van der Waals surface area contributed by atoms with Crippen LogP contribution in [-0.2, 0) is 19.1 Å². The summed E-state index contributed by atoms with van der Waals surface area (Å²) in [6.45, 7) is 32.6. The number of hydrogen-bond donors (Lipinski definition) is 2. The summed E-state index contributed by atoms with van der Waals surface area (Å²) in [6.07, 6.45) is 6.44. The van der Waals surface area contributed by atoms with Crippen molar-refractivity contribution >= 4 is 11.9 Å². The van der Waals surface area contributed by atoms with Gasteiger partial charge in [-0.1, -0.05) is 13.8 Å². The summed E-state index contributed by atoms with van der Waals surface area (Å²) in [5.74, 6) is 0.926. The number of aliphatic hydroxyl groups excluding tert-OH is 1. The molecule has 0 aromatic carbocycles. The summed E-state index contributed by atoms with van der Waals surface area (Å²) >= 11 is 0. The van der Waals surface area contributed by atoms with Gasteiger partial charge in [-0.2, -0.15) is 0 Å². The molecule has 0 aliphatic carbocycles. The number of nitrogens with one attached hydrogen (secondary N) is 1. The van der Waals surface area contributed by atoms with Crippen LogP contribution < -0.4 is 5.32 Å². The second-order valence-corrected chi connectivity index (χ2v) is 18.2. The summed E-state index contributed by atoms with van der Waals surface area (Å²) in [6, 6.07) is 0. The molecule has 0 radical (unpaired) electrons. The van der Waals surface area contributed by atoms with Gasteiger partial charge in [0.2, 0.25) is 0 Å². The summed E-state index contributed by atoms with van der Waals surface area (Å²) < 4.78 is 9.69. The third kappa shape index (κ3) is 13.8. The smallest absolute Gasteiger partial charge is 0.306 e. The van der Waals surface area contributed by atoms with Crippen LogP contribution in [-0.4, -0.2) is 93.5 Å². The van der Waals surface area contributed by atoms with Crippen molar-refractivity contribution in [3.8, 4) is 0 Å². The SMILES string of the molecule is CC1CC(C)(C)N(C)C(C)(C)C1.CC1CC(C)(C)NC(C)(C)C1.COC(=O)CCC(=O)OCCN1C(C)(C)CC(O)CC1(C)C. The van der Waals surface area contributed by atoms with Gasteiger partial charge in [-0.05, 0) is 140 Å². The molecule has 0 aromatic rings. The number of carbonyl (C=O) groups excluding carboxylic acids is 2. The Morgan fingerprint density at radius 1 is 0.689 bits per heavy atom. The lowest BCUT2D eigenvalue weighted by Gasteiger charge is -2.54. The Morgan fingerprint density at radius 3 is 1.49 bits per heavy atom. The van der Waals surface area contributed by atoms with Crippen LogP contribution in [0.2, 0.25) is 0 Å². The lowest BCUT2D eigenvalue weighted by molar-refractivity contribution is -0.151. The molecule has 8 heteroatoms. The van der Waals surface area contributed by atoms with E-state index in [0.717, 1.165) is 11.8 Å². The second-order valence-electron chi connectivity index (χ2n) is 18.2. The predicted octanol–water partition coefficient (Wildman–Crippen LogP) is 6.97. The molecule has 0 aromatic heterocycles. The zero-order chi connectivity index (χ0) is 35.2. The zero-order valence-corrected chi connectivity index (χ0v) is 32.3. The highest BCUT2D eigenvalue weighted by Gasteiger charge is 2.45. The first-order chi connectivity index (χ1) is 20.1. The van der Waals surface area contributed by atoms with E-state index in [4.69, 9.17) is 4.74 Å². The molecule has 0 spiro atoms. The molecule has 3 rings (SSSR count). The molecule has 2 N–H and O–H groups in total. The van der Waals surface area contributed by atoms with E-state index in [1.54, 1.807) is 0 Å². The predicted molar refractivity (Wildman–Crippen MR) is 186 cm³/mol. The number of methoxy groups -OCH3 is 1. The van der Waals surface area contributed by atoms with Crippen LogP contribution in [0.4, 0.5) is 0 Å². The van der Waals surface area contributed by atoms with Crippen LogP contribution in [0.3, 0.4) is 0 Å². The molecular formula is C37H73N3O5. The van der Waals surface area contributed by atoms with E-state index < -0.39 is 11.9 Å². The van der Waals surface area contributed by atoms with Gasteiger partial charge < -0.3 is 19.9 Å². The van der Waals surface area contributed by atoms with Gasteiger partial charge >= 0.3 is 11.9 Å². The molecule has 3 fully saturated rings. The zero-order valence-electron chi connectivity index (χ0n) is 32.3. The average molecular weight is 640 g/mol. The molecule has 3 aliphatic heterocycles. The van der Waals surface area contributed by atoms with Gasteiger partial charge in [-0.15, -0.1) is 0 Å². The molecule has 3 aliphatic rings. The lowest BCUT2D eigenvalue weighted by Crippen LogP contribution is -2.62. The maximum absolute atomic E-state index is 11.6. The van der Waals surface area contributed by atoms with Crippen molar-refractivity contribution < 1.29 is 24.2 Å². The number of hydrogen-bond acceptors (Lipinski definition) is 8. The normalized spacial score (nSPS) is 26.0. The molecule has 266 valence electrons. The van der Waals surface area contributed by atoms with Crippen LogP contribution in [0.25, 0.3) is 0 Å². The molecule has 3 heterocycles. The van der Waals surface area contributed by atoms with Gasteiger partial charge in [0, 0.05) is 39.8 Å². The maximum Gasteiger partial charge on any atom is 0.306 e. The highest BCUT2D eigenvalue weighted by atomic mass is 16.5. The van der Waals surface area contributed by atoms with E-state index in [0.29, 0.717) is 41.5 Å². The number of nitrogens with zero attached hydrogens (tertiary/aromatic N) is 2. The van der Waals surface area contributed by atoms with Crippen molar-refractivity contribution in [1.82, 2.24) is 15.1 Å². The Morgan fingerprint density at radius 2 is 1.09 bits per heavy atom. The monoisotopic (exact) mass is 640 g/mol. The van der Waals surface area contributed by atoms with Crippen molar-refractivity contribution in [2.45, 2.75) is 188 Å². The van der Waals surface area contributed by atoms with Crippen molar-refractivity contribution in [2.75, 3.05) is 27.3 Å². The highest BCUT2D eigenvalue weighted by molar-refractivity contribution is 5.77. The van der Waals surface area contributed by atoms with E-state index in [-0.39, 0.29) is 36.6 Å². The average Bonchev–Trinajstić information content (AvgIpc) is 2.79. The first-order valence-electron chi connectivity index (χ1n) is 17.4. The van der Waals surface area contributed by atoms with E-state index in [2.05, 4.69) is 124 Å². The van der Waals surface area contributed by atoms with Crippen LogP contribution >= 0.6 is 0 Å². The summed E-state index contributed by atoms with van der Waals surface area (Å²) in [7, 11) is 3.55. The van der Waals surface area contributed by atoms with Crippen molar-refractivity contribution in [3.63, 3.8) is 0 Å². The third-order valence-electron chi connectivity index (χ3n) is 10.2. The first kappa shape index (κ1) is 41.8. The Hall–Kier alpha value is -1.22. The number of aliphatic hydroxyl groups is 1. The Labute approximate surface area is 277 Å². The molecule has 0 unspecified atom stereocenters. The fraction of sp³-hybridized carbons (Fsp3) is 0.946. The minimum atomic E-state index is -0.413. The van der Waals surface area contributed by atoms with Gasteiger partial charge in [-0.3, -0.25) is 19.4 Å². The third-order valence-corrected chi connectivity index (χ3v) is 10.2. The number of piperidine rings is 3. The van der Waals surface area contributed by atoms with Crippen molar-refractivity contribution in [1.29, 1.82) is 0 Å². The summed E-state index contributed by atoms with van der Waals surface area (Å²) in [4.78, 5) is 27.4. The Kier molecular flexibility index (Phi) is 14.7. The van der Waals surface area contributed by atoms with Crippen LogP contribution in [0, 0.1) is 11.8 Å². The number of ether oxygens (including phenoxy) is 2. The molecule has 0 atom stereocenters. The Bertz CT molecular complexity index is 904. The van der Waals surface area contributed by atoms with Gasteiger partial charge in [0.25, 0.3) is 0 Å².